The van der Waals surface area contributed by atoms with E-state index in [1.807, 2.05) is 13.8 Å². The number of hydrogen-bond donors (Lipinski definition) is 0. The molecule has 2 aromatic rings. The first-order valence-electron chi connectivity index (χ1n) is 5.97. The third-order valence-corrected chi connectivity index (χ3v) is 3.86. The van der Waals surface area contributed by atoms with Crippen LogP contribution >= 0.6 is 11.3 Å². The predicted molar refractivity (Wildman–Crippen MR) is 72.7 cm³/mol. The molecule has 106 valence electrons. The average molecular weight is 297 g/mol. The highest BCUT2D eigenvalue weighted by Gasteiger charge is 2.17. The van der Waals surface area contributed by atoms with Gasteiger partial charge in [0.2, 0.25) is 0 Å². The summed E-state index contributed by atoms with van der Waals surface area (Å²) in [5.74, 6) is -0.382. The molecule has 0 saturated carbocycles. The van der Waals surface area contributed by atoms with Crippen molar-refractivity contribution in [2.45, 2.75) is 26.9 Å². The first kappa shape index (κ1) is 14.6. The fraction of sp³-hybridized carbons (Fsp3) is 0.286. The van der Waals surface area contributed by atoms with E-state index in [-0.39, 0.29) is 23.5 Å². The fourth-order valence-corrected chi connectivity index (χ4v) is 2.68. The Morgan fingerprint density at radius 1 is 1.35 bits per heavy atom. The molecule has 1 heterocycles. The summed E-state index contributed by atoms with van der Waals surface area (Å²) >= 11 is 1.44. The van der Waals surface area contributed by atoms with Gasteiger partial charge in [0, 0.05) is 4.88 Å². The van der Waals surface area contributed by atoms with Gasteiger partial charge in [0.05, 0.1) is 17.7 Å². The summed E-state index contributed by atoms with van der Waals surface area (Å²) in [5, 5.41) is 0.678. The van der Waals surface area contributed by atoms with Crippen molar-refractivity contribution in [1.82, 2.24) is 4.98 Å². The number of carbonyl (C=O) groups excluding carboxylic acids is 1. The van der Waals surface area contributed by atoms with Crippen molar-refractivity contribution < 1.29 is 18.3 Å². The molecule has 20 heavy (non-hydrogen) atoms. The molecule has 0 amide bonds. The fourth-order valence-electron chi connectivity index (χ4n) is 1.74. The number of aryl methyl sites for hydroxylation is 2. The van der Waals surface area contributed by atoms with Crippen molar-refractivity contribution in [1.29, 1.82) is 0 Å². The summed E-state index contributed by atoms with van der Waals surface area (Å²) < 4.78 is 29.0. The molecule has 0 aliphatic heterocycles. The van der Waals surface area contributed by atoms with Crippen LogP contribution in [0.5, 0.6) is 5.75 Å². The largest absolute Gasteiger partial charge is 0.434 e. The van der Waals surface area contributed by atoms with Crippen LogP contribution in [0.2, 0.25) is 0 Å². The molecule has 0 radical (unpaired) electrons. The summed E-state index contributed by atoms with van der Waals surface area (Å²) in [5.41, 5.74) is 1.04. The van der Waals surface area contributed by atoms with E-state index in [0.717, 1.165) is 10.6 Å². The van der Waals surface area contributed by atoms with Gasteiger partial charge >= 0.3 is 6.61 Å². The van der Waals surface area contributed by atoms with E-state index in [4.69, 9.17) is 0 Å². The van der Waals surface area contributed by atoms with Gasteiger partial charge in [0.1, 0.15) is 10.8 Å². The summed E-state index contributed by atoms with van der Waals surface area (Å²) in [6, 6.07) is 6.00. The van der Waals surface area contributed by atoms with Crippen LogP contribution in [0, 0.1) is 13.8 Å². The van der Waals surface area contributed by atoms with Crippen molar-refractivity contribution >= 4 is 17.1 Å². The molecule has 0 unspecified atom stereocenters. The Labute approximate surface area is 119 Å². The second-order valence-corrected chi connectivity index (χ2v) is 5.51. The summed E-state index contributed by atoms with van der Waals surface area (Å²) in [6.07, 6.45) is 0.0863. The molecule has 0 bridgehead atoms. The Hall–Kier alpha value is -1.82. The molecule has 0 fully saturated rings. The van der Waals surface area contributed by atoms with Gasteiger partial charge in [0.25, 0.3) is 0 Å². The minimum Gasteiger partial charge on any atom is -0.434 e. The van der Waals surface area contributed by atoms with Gasteiger partial charge in [0.15, 0.2) is 5.78 Å². The number of hydrogen-bond acceptors (Lipinski definition) is 4. The quantitative estimate of drug-likeness (QED) is 0.788. The number of ketones is 1. The van der Waals surface area contributed by atoms with Crippen molar-refractivity contribution in [2.24, 2.45) is 0 Å². The van der Waals surface area contributed by atoms with Crippen LogP contribution in [0.1, 0.15) is 25.9 Å². The zero-order valence-corrected chi connectivity index (χ0v) is 11.8. The standard InChI is InChI=1S/C14H13F2NO2S/c1-8-9(2)20-13(17-8)7-11(18)10-5-3-4-6-12(10)19-14(15)16/h3-6,14H,7H2,1-2H3. The van der Waals surface area contributed by atoms with Crippen LogP contribution in [0.3, 0.4) is 0 Å². The minimum absolute atomic E-state index is 0.0863. The molecule has 1 aromatic carbocycles. The maximum absolute atomic E-state index is 12.3. The number of benzene rings is 1. The van der Waals surface area contributed by atoms with Gasteiger partial charge in [-0.05, 0) is 26.0 Å². The molecule has 0 atom stereocenters. The summed E-state index contributed by atoms with van der Waals surface area (Å²) in [7, 11) is 0. The number of nitrogens with zero attached hydrogens (tertiary/aromatic N) is 1. The topological polar surface area (TPSA) is 39.2 Å². The van der Waals surface area contributed by atoms with E-state index >= 15 is 0 Å². The Morgan fingerprint density at radius 3 is 2.65 bits per heavy atom. The summed E-state index contributed by atoms with van der Waals surface area (Å²) in [4.78, 5) is 17.5. The lowest BCUT2D eigenvalue weighted by Gasteiger charge is -2.08. The smallest absolute Gasteiger partial charge is 0.387 e. The average Bonchev–Trinajstić information content (AvgIpc) is 2.68. The molecule has 0 saturated heterocycles. The van der Waals surface area contributed by atoms with Gasteiger partial charge in [-0.1, -0.05) is 12.1 Å². The second kappa shape index (κ2) is 6.09. The lowest BCUT2D eigenvalue weighted by molar-refractivity contribution is -0.0501. The third-order valence-electron chi connectivity index (χ3n) is 2.79. The Kier molecular flexibility index (Phi) is 4.44. The van der Waals surface area contributed by atoms with E-state index in [9.17, 15) is 13.6 Å². The normalized spacial score (nSPS) is 10.8. The van der Waals surface area contributed by atoms with E-state index in [0.29, 0.717) is 5.01 Å². The van der Waals surface area contributed by atoms with Crippen LogP contribution in [0.4, 0.5) is 8.78 Å². The monoisotopic (exact) mass is 297 g/mol. The zero-order chi connectivity index (χ0) is 14.7. The summed E-state index contributed by atoms with van der Waals surface area (Å²) in [6.45, 7) is 0.843. The Bertz CT molecular complexity index is 606. The minimum atomic E-state index is -2.95. The first-order chi connectivity index (χ1) is 9.47. The van der Waals surface area contributed by atoms with Gasteiger partial charge in [-0.15, -0.1) is 11.3 Å². The molecular formula is C14H13F2NO2S. The SMILES string of the molecule is Cc1nc(CC(=O)c2ccccc2OC(F)F)sc1C. The molecular weight excluding hydrogens is 284 g/mol. The van der Waals surface area contributed by atoms with Crippen LogP contribution in [0.15, 0.2) is 24.3 Å². The highest BCUT2D eigenvalue weighted by Crippen LogP contribution is 2.24. The molecule has 0 aliphatic carbocycles. The zero-order valence-electron chi connectivity index (χ0n) is 11.0. The van der Waals surface area contributed by atoms with Gasteiger partial charge in [-0.3, -0.25) is 4.79 Å². The van der Waals surface area contributed by atoms with Crippen LogP contribution in [0.25, 0.3) is 0 Å². The van der Waals surface area contributed by atoms with Crippen LogP contribution in [-0.4, -0.2) is 17.4 Å². The first-order valence-corrected chi connectivity index (χ1v) is 6.79. The number of carbonyl (C=O) groups is 1. The highest BCUT2D eigenvalue weighted by molar-refractivity contribution is 7.11. The van der Waals surface area contributed by atoms with Crippen molar-refractivity contribution in [2.75, 3.05) is 0 Å². The van der Waals surface area contributed by atoms with Gasteiger partial charge in [-0.2, -0.15) is 8.78 Å². The van der Waals surface area contributed by atoms with Gasteiger partial charge < -0.3 is 4.74 Å². The van der Waals surface area contributed by atoms with Crippen LogP contribution in [-0.2, 0) is 6.42 Å². The number of Topliss-reactive ketones (excluding diaryl/α,β-unsaturated/α-hetero) is 1. The lowest BCUT2D eigenvalue weighted by atomic mass is 10.1. The third kappa shape index (κ3) is 3.39. The molecule has 0 spiro atoms. The van der Waals surface area contributed by atoms with E-state index in [1.54, 1.807) is 12.1 Å². The lowest BCUT2D eigenvalue weighted by Crippen LogP contribution is -2.09. The van der Waals surface area contributed by atoms with E-state index in [2.05, 4.69) is 9.72 Å². The van der Waals surface area contributed by atoms with E-state index in [1.165, 1.54) is 23.5 Å². The second-order valence-electron chi connectivity index (χ2n) is 4.22. The maximum Gasteiger partial charge on any atom is 0.387 e. The molecule has 1 aromatic heterocycles. The number of ether oxygens (including phenoxy) is 1. The Balaban J connectivity index is 2.20. The molecule has 3 nitrogen and oxygen atoms in total. The molecule has 6 heteroatoms. The molecule has 0 N–H and O–H groups in total. The number of thiazole rings is 1. The highest BCUT2D eigenvalue weighted by atomic mass is 32.1. The van der Waals surface area contributed by atoms with Crippen LogP contribution < -0.4 is 4.74 Å². The molecule has 2 rings (SSSR count). The van der Waals surface area contributed by atoms with Crippen molar-refractivity contribution in [3.63, 3.8) is 0 Å². The van der Waals surface area contributed by atoms with E-state index < -0.39 is 6.61 Å². The number of para-hydroxylation sites is 1. The molecule has 0 aliphatic rings. The number of aromatic nitrogens is 1. The van der Waals surface area contributed by atoms with Crippen molar-refractivity contribution in [3.8, 4) is 5.75 Å². The number of halogens is 2. The maximum atomic E-state index is 12.3. The van der Waals surface area contributed by atoms with Crippen molar-refractivity contribution in [3.05, 3.63) is 45.4 Å². The number of alkyl halides is 2. The Morgan fingerprint density at radius 2 is 2.05 bits per heavy atom. The predicted octanol–water partition coefficient (Wildman–Crippen LogP) is 3.79. The number of rotatable bonds is 5. The van der Waals surface area contributed by atoms with Gasteiger partial charge in [-0.25, -0.2) is 4.98 Å².